The van der Waals surface area contributed by atoms with Gasteiger partial charge in [0.2, 0.25) is 11.9 Å². The normalized spacial score (nSPS) is 10.7. The molecule has 0 aliphatic rings. The van der Waals surface area contributed by atoms with Gasteiger partial charge < -0.3 is 0 Å². The molecule has 0 aliphatic carbocycles. The third-order valence-corrected chi connectivity index (χ3v) is 4.40. The van der Waals surface area contributed by atoms with Crippen LogP contribution < -0.4 is 5.32 Å². The molecule has 0 bridgehead atoms. The number of anilines is 1. The van der Waals surface area contributed by atoms with Crippen LogP contribution in [-0.4, -0.2) is 25.8 Å². The molecule has 0 unspecified atom stereocenters. The van der Waals surface area contributed by atoms with Crippen molar-refractivity contribution in [3.8, 4) is 11.5 Å². The summed E-state index contributed by atoms with van der Waals surface area (Å²) in [5, 5.41) is 2.79. The first kappa shape index (κ1) is 20.9. The number of hydrogen-bond donors (Lipinski definition) is 1. The first-order valence-electron chi connectivity index (χ1n) is 10.1. The summed E-state index contributed by atoms with van der Waals surface area (Å²) in [6.07, 6.45) is 13.3. The summed E-state index contributed by atoms with van der Waals surface area (Å²) < 4.78 is 0. The standard InChI is InChI=1S/C21H31N5O/c1-3-4-5-6-7-8-9-10-11-15-19(27)25-21-24-17(2)23-20(26-21)18-14-12-13-16-22-18/h12-14,16H,3-11,15H2,1-2H3,(H,23,24,25,26,27). The van der Waals surface area contributed by atoms with E-state index in [2.05, 4.69) is 32.2 Å². The lowest BCUT2D eigenvalue weighted by Gasteiger charge is -2.06. The van der Waals surface area contributed by atoms with Crippen molar-refractivity contribution in [2.45, 2.75) is 78.1 Å². The van der Waals surface area contributed by atoms with E-state index >= 15 is 0 Å². The minimum atomic E-state index is -0.0458. The quantitative estimate of drug-likeness (QED) is 0.526. The van der Waals surface area contributed by atoms with Gasteiger partial charge in [0.1, 0.15) is 11.5 Å². The molecule has 0 atom stereocenters. The van der Waals surface area contributed by atoms with E-state index in [1.165, 1.54) is 44.9 Å². The van der Waals surface area contributed by atoms with Crippen molar-refractivity contribution in [1.82, 2.24) is 19.9 Å². The van der Waals surface area contributed by atoms with Gasteiger partial charge in [0.15, 0.2) is 5.82 Å². The lowest BCUT2D eigenvalue weighted by molar-refractivity contribution is -0.116. The minimum Gasteiger partial charge on any atom is -0.294 e. The zero-order valence-electron chi connectivity index (χ0n) is 16.6. The maximum absolute atomic E-state index is 12.2. The van der Waals surface area contributed by atoms with Gasteiger partial charge in [0, 0.05) is 12.6 Å². The number of hydrogen-bond acceptors (Lipinski definition) is 5. The number of carbonyl (C=O) groups is 1. The number of aryl methyl sites for hydroxylation is 1. The molecule has 1 N–H and O–H groups in total. The predicted octanol–water partition coefficient (Wildman–Crippen LogP) is 5.10. The van der Waals surface area contributed by atoms with Crippen LogP contribution in [0.5, 0.6) is 0 Å². The molecule has 0 aliphatic heterocycles. The molecule has 0 spiro atoms. The lowest BCUT2D eigenvalue weighted by atomic mass is 10.1. The fraction of sp³-hybridized carbons (Fsp3) is 0.571. The van der Waals surface area contributed by atoms with Crippen LogP contribution in [0, 0.1) is 6.92 Å². The van der Waals surface area contributed by atoms with E-state index in [0.717, 1.165) is 12.8 Å². The van der Waals surface area contributed by atoms with Crippen LogP contribution in [0.4, 0.5) is 5.95 Å². The highest BCUT2D eigenvalue weighted by Crippen LogP contribution is 2.14. The molecule has 27 heavy (non-hydrogen) atoms. The van der Waals surface area contributed by atoms with Gasteiger partial charge in [-0.2, -0.15) is 9.97 Å². The van der Waals surface area contributed by atoms with Gasteiger partial charge in [0.05, 0.1) is 0 Å². The van der Waals surface area contributed by atoms with Crippen molar-refractivity contribution in [2.75, 3.05) is 5.32 Å². The lowest BCUT2D eigenvalue weighted by Crippen LogP contribution is -2.15. The number of amides is 1. The summed E-state index contributed by atoms with van der Waals surface area (Å²) in [5.74, 6) is 1.28. The maximum atomic E-state index is 12.2. The number of pyridine rings is 1. The van der Waals surface area contributed by atoms with Crippen LogP contribution in [0.15, 0.2) is 24.4 Å². The summed E-state index contributed by atoms with van der Waals surface area (Å²) in [5.41, 5.74) is 0.664. The summed E-state index contributed by atoms with van der Waals surface area (Å²) in [4.78, 5) is 29.2. The topological polar surface area (TPSA) is 80.7 Å². The molecule has 1 amide bonds. The number of nitrogens with one attached hydrogen (secondary N) is 1. The van der Waals surface area contributed by atoms with E-state index in [0.29, 0.717) is 29.7 Å². The van der Waals surface area contributed by atoms with Gasteiger partial charge in [-0.3, -0.25) is 15.1 Å². The molecular formula is C21H31N5O. The Bertz CT molecular complexity index is 690. The SMILES string of the molecule is CCCCCCCCCCCC(=O)Nc1nc(C)nc(-c2ccccn2)n1. The monoisotopic (exact) mass is 369 g/mol. The Morgan fingerprint density at radius 2 is 1.63 bits per heavy atom. The zero-order valence-corrected chi connectivity index (χ0v) is 16.6. The Balaban J connectivity index is 1.71. The van der Waals surface area contributed by atoms with Gasteiger partial charge in [-0.25, -0.2) is 4.98 Å². The third kappa shape index (κ3) is 8.24. The molecule has 0 aromatic carbocycles. The molecule has 6 heteroatoms. The smallest absolute Gasteiger partial charge is 0.233 e. The molecule has 146 valence electrons. The fourth-order valence-corrected chi connectivity index (χ4v) is 2.93. The molecule has 2 aromatic heterocycles. The van der Waals surface area contributed by atoms with E-state index < -0.39 is 0 Å². The van der Waals surface area contributed by atoms with Crippen LogP contribution >= 0.6 is 0 Å². The van der Waals surface area contributed by atoms with Gasteiger partial charge >= 0.3 is 0 Å². The van der Waals surface area contributed by atoms with Gasteiger partial charge in [-0.1, -0.05) is 64.4 Å². The number of carbonyl (C=O) groups excluding carboxylic acids is 1. The van der Waals surface area contributed by atoms with E-state index in [9.17, 15) is 4.79 Å². The van der Waals surface area contributed by atoms with Gasteiger partial charge in [0.25, 0.3) is 0 Å². The summed E-state index contributed by atoms with van der Waals surface area (Å²) in [6, 6.07) is 5.55. The fourth-order valence-electron chi connectivity index (χ4n) is 2.93. The molecule has 0 saturated carbocycles. The average Bonchev–Trinajstić information content (AvgIpc) is 2.67. The number of aromatic nitrogens is 4. The van der Waals surface area contributed by atoms with Crippen LogP contribution in [0.25, 0.3) is 11.5 Å². The van der Waals surface area contributed by atoms with Crippen molar-refractivity contribution in [3.05, 3.63) is 30.2 Å². The summed E-state index contributed by atoms with van der Waals surface area (Å²) in [7, 11) is 0. The minimum absolute atomic E-state index is 0.0458. The van der Waals surface area contributed by atoms with Crippen LogP contribution in [0.1, 0.15) is 77.0 Å². The molecule has 0 saturated heterocycles. The van der Waals surface area contributed by atoms with Crippen LogP contribution in [0.3, 0.4) is 0 Å². The van der Waals surface area contributed by atoms with E-state index in [1.807, 2.05) is 18.2 Å². The van der Waals surface area contributed by atoms with Crippen molar-refractivity contribution >= 4 is 11.9 Å². The molecule has 2 heterocycles. The Kier molecular flexibility index (Phi) is 9.38. The molecule has 6 nitrogen and oxygen atoms in total. The Morgan fingerprint density at radius 3 is 2.30 bits per heavy atom. The van der Waals surface area contributed by atoms with Crippen molar-refractivity contribution in [3.63, 3.8) is 0 Å². The van der Waals surface area contributed by atoms with E-state index in [4.69, 9.17) is 0 Å². The highest BCUT2D eigenvalue weighted by atomic mass is 16.1. The molecule has 2 rings (SSSR count). The number of unbranched alkanes of at least 4 members (excludes halogenated alkanes) is 8. The second-order valence-electron chi connectivity index (χ2n) is 6.87. The van der Waals surface area contributed by atoms with Crippen LogP contribution in [0.2, 0.25) is 0 Å². The molecule has 0 fully saturated rings. The second-order valence-corrected chi connectivity index (χ2v) is 6.87. The van der Waals surface area contributed by atoms with Crippen molar-refractivity contribution in [2.24, 2.45) is 0 Å². The van der Waals surface area contributed by atoms with Crippen LogP contribution in [-0.2, 0) is 4.79 Å². The van der Waals surface area contributed by atoms with Crippen molar-refractivity contribution < 1.29 is 4.79 Å². The van der Waals surface area contributed by atoms with Gasteiger partial charge in [-0.15, -0.1) is 0 Å². The average molecular weight is 370 g/mol. The maximum Gasteiger partial charge on any atom is 0.233 e. The van der Waals surface area contributed by atoms with Crippen molar-refractivity contribution in [1.29, 1.82) is 0 Å². The zero-order chi connectivity index (χ0) is 19.3. The number of rotatable bonds is 12. The first-order valence-corrected chi connectivity index (χ1v) is 10.1. The third-order valence-electron chi connectivity index (χ3n) is 4.40. The highest BCUT2D eigenvalue weighted by molar-refractivity contribution is 5.89. The largest absolute Gasteiger partial charge is 0.294 e. The Labute approximate surface area is 162 Å². The highest BCUT2D eigenvalue weighted by Gasteiger charge is 2.10. The summed E-state index contributed by atoms with van der Waals surface area (Å²) >= 11 is 0. The van der Waals surface area contributed by atoms with Gasteiger partial charge in [-0.05, 0) is 25.5 Å². The molecule has 0 radical (unpaired) electrons. The molecule has 2 aromatic rings. The predicted molar refractivity (Wildman–Crippen MR) is 108 cm³/mol. The summed E-state index contributed by atoms with van der Waals surface area (Å²) in [6.45, 7) is 4.02. The Hall–Kier alpha value is -2.37. The Morgan fingerprint density at radius 1 is 0.926 bits per heavy atom. The number of nitrogens with zero attached hydrogens (tertiary/aromatic N) is 4. The van der Waals surface area contributed by atoms with E-state index in [-0.39, 0.29) is 5.91 Å². The first-order chi connectivity index (χ1) is 13.2. The van der Waals surface area contributed by atoms with E-state index in [1.54, 1.807) is 13.1 Å². The molecular weight excluding hydrogens is 338 g/mol. The second kappa shape index (κ2) is 12.1.